The molecule has 0 bridgehead atoms. The minimum absolute atomic E-state index is 0.124. The molecular formula is C15H13ClF2IN. The Morgan fingerprint density at radius 3 is 2.65 bits per heavy atom. The Morgan fingerprint density at radius 2 is 2.00 bits per heavy atom. The summed E-state index contributed by atoms with van der Waals surface area (Å²) in [6.45, 7) is 0. The zero-order valence-electron chi connectivity index (χ0n) is 10.8. The predicted octanol–water partition coefficient (Wildman–Crippen LogP) is 4.73. The SMILES string of the molecule is CNC(Cc1cccc(F)c1F)c1ccc(I)c(Cl)c1. The number of likely N-dealkylation sites (N-methyl/N-ethyl adjacent to an activating group) is 1. The molecule has 0 aliphatic carbocycles. The predicted molar refractivity (Wildman–Crippen MR) is 86.0 cm³/mol. The van der Waals surface area contributed by atoms with Gasteiger partial charge in [-0.2, -0.15) is 0 Å². The summed E-state index contributed by atoms with van der Waals surface area (Å²) in [5, 5.41) is 3.77. The fourth-order valence-electron chi connectivity index (χ4n) is 2.04. The van der Waals surface area contributed by atoms with Crippen LogP contribution in [0, 0.1) is 15.2 Å². The van der Waals surface area contributed by atoms with E-state index in [-0.39, 0.29) is 6.04 Å². The highest BCUT2D eigenvalue weighted by molar-refractivity contribution is 14.1. The number of rotatable bonds is 4. The van der Waals surface area contributed by atoms with Gasteiger partial charge in [0.25, 0.3) is 0 Å². The molecule has 1 nitrogen and oxygen atoms in total. The van der Waals surface area contributed by atoms with E-state index >= 15 is 0 Å². The summed E-state index contributed by atoms with van der Waals surface area (Å²) in [7, 11) is 1.79. The highest BCUT2D eigenvalue weighted by atomic mass is 127. The Hall–Kier alpha value is -0.720. The molecule has 106 valence electrons. The van der Waals surface area contributed by atoms with Crippen LogP contribution in [0.25, 0.3) is 0 Å². The van der Waals surface area contributed by atoms with E-state index in [2.05, 4.69) is 27.9 Å². The first-order chi connectivity index (χ1) is 9.52. The van der Waals surface area contributed by atoms with Crippen LogP contribution in [0.5, 0.6) is 0 Å². The molecule has 0 amide bonds. The second kappa shape index (κ2) is 6.83. The van der Waals surface area contributed by atoms with Gasteiger partial charge in [0.15, 0.2) is 11.6 Å². The molecule has 0 fully saturated rings. The van der Waals surface area contributed by atoms with Crippen LogP contribution in [-0.2, 0) is 6.42 Å². The van der Waals surface area contributed by atoms with Crippen LogP contribution in [0.2, 0.25) is 5.02 Å². The van der Waals surface area contributed by atoms with Crippen molar-refractivity contribution >= 4 is 34.2 Å². The lowest BCUT2D eigenvalue weighted by Crippen LogP contribution is -2.19. The molecule has 0 saturated carbocycles. The lowest BCUT2D eigenvalue weighted by molar-refractivity contribution is 0.487. The molecule has 0 spiro atoms. The van der Waals surface area contributed by atoms with Crippen molar-refractivity contribution in [2.75, 3.05) is 7.05 Å². The van der Waals surface area contributed by atoms with Gasteiger partial charge in [0, 0.05) is 9.61 Å². The van der Waals surface area contributed by atoms with E-state index in [0.29, 0.717) is 17.0 Å². The quantitative estimate of drug-likeness (QED) is 0.723. The van der Waals surface area contributed by atoms with Crippen LogP contribution in [0.1, 0.15) is 17.2 Å². The van der Waals surface area contributed by atoms with Crippen LogP contribution < -0.4 is 5.32 Å². The molecule has 20 heavy (non-hydrogen) atoms. The lowest BCUT2D eigenvalue weighted by Gasteiger charge is -2.18. The van der Waals surface area contributed by atoms with Crippen molar-refractivity contribution in [3.05, 3.63) is 67.8 Å². The number of nitrogens with one attached hydrogen (secondary N) is 1. The minimum atomic E-state index is -0.821. The highest BCUT2D eigenvalue weighted by Gasteiger charge is 2.15. The monoisotopic (exact) mass is 407 g/mol. The second-order valence-electron chi connectivity index (χ2n) is 4.43. The maximum absolute atomic E-state index is 13.7. The molecule has 5 heteroatoms. The summed E-state index contributed by atoms with van der Waals surface area (Å²) in [4.78, 5) is 0. The summed E-state index contributed by atoms with van der Waals surface area (Å²) in [6, 6.07) is 9.80. The summed E-state index contributed by atoms with van der Waals surface area (Å²) >= 11 is 8.25. The molecule has 0 heterocycles. The van der Waals surface area contributed by atoms with Gasteiger partial charge in [0.05, 0.1) is 5.02 Å². The normalized spacial score (nSPS) is 12.4. The maximum Gasteiger partial charge on any atom is 0.162 e. The molecule has 2 rings (SSSR count). The Kier molecular flexibility index (Phi) is 5.35. The Balaban J connectivity index is 2.28. The smallest absolute Gasteiger partial charge is 0.162 e. The molecule has 0 radical (unpaired) electrons. The Morgan fingerprint density at radius 1 is 1.25 bits per heavy atom. The van der Waals surface area contributed by atoms with Gasteiger partial charge in [-0.05, 0) is 65.4 Å². The third-order valence-electron chi connectivity index (χ3n) is 3.15. The van der Waals surface area contributed by atoms with Crippen molar-refractivity contribution in [1.29, 1.82) is 0 Å². The molecule has 0 aromatic heterocycles. The van der Waals surface area contributed by atoms with Crippen LogP contribution in [0.4, 0.5) is 8.78 Å². The molecule has 1 N–H and O–H groups in total. The van der Waals surface area contributed by atoms with Crippen molar-refractivity contribution in [2.45, 2.75) is 12.5 Å². The molecular weight excluding hydrogens is 395 g/mol. The van der Waals surface area contributed by atoms with Crippen molar-refractivity contribution < 1.29 is 8.78 Å². The first-order valence-corrected chi connectivity index (χ1v) is 7.53. The Labute approximate surface area is 135 Å². The van der Waals surface area contributed by atoms with E-state index in [1.165, 1.54) is 6.07 Å². The molecule has 1 unspecified atom stereocenters. The molecule has 0 aliphatic rings. The van der Waals surface area contributed by atoms with E-state index in [0.717, 1.165) is 15.2 Å². The fraction of sp³-hybridized carbons (Fsp3) is 0.200. The molecule has 0 aliphatic heterocycles. The molecule has 1 atom stereocenters. The summed E-state index contributed by atoms with van der Waals surface area (Å²) < 4.78 is 27.9. The summed E-state index contributed by atoms with van der Waals surface area (Å²) in [5.74, 6) is -1.61. The van der Waals surface area contributed by atoms with E-state index in [4.69, 9.17) is 11.6 Å². The number of halogens is 4. The number of benzene rings is 2. The molecule has 2 aromatic rings. The summed E-state index contributed by atoms with van der Waals surface area (Å²) in [5.41, 5.74) is 1.29. The number of hydrogen-bond acceptors (Lipinski definition) is 1. The largest absolute Gasteiger partial charge is 0.313 e. The van der Waals surface area contributed by atoms with Crippen LogP contribution in [-0.4, -0.2) is 7.05 Å². The van der Waals surface area contributed by atoms with E-state index in [9.17, 15) is 8.78 Å². The van der Waals surface area contributed by atoms with Gasteiger partial charge < -0.3 is 5.32 Å². The van der Waals surface area contributed by atoms with Gasteiger partial charge in [0.1, 0.15) is 0 Å². The van der Waals surface area contributed by atoms with Gasteiger partial charge in [-0.15, -0.1) is 0 Å². The van der Waals surface area contributed by atoms with Crippen molar-refractivity contribution in [2.24, 2.45) is 0 Å². The zero-order chi connectivity index (χ0) is 14.7. The second-order valence-corrected chi connectivity index (χ2v) is 6.00. The van der Waals surface area contributed by atoms with E-state index < -0.39 is 11.6 Å². The summed E-state index contributed by atoms with van der Waals surface area (Å²) in [6.07, 6.45) is 0.358. The van der Waals surface area contributed by atoms with Crippen molar-refractivity contribution in [3.63, 3.8) is 0 Å². The van der Waals surface area contributed by atoms with E-state index in [1.807, 2.05) is 18.2 Å². The molecule has 2 aromatic carbocycles. The fourth-order valence-corrected chi connectivity index (χ4v) is 2.57. The van der Waals surface area contributed by atoms with E-state index in [1.54, 1.807) is 13.1 Å². The van der Waals surface area contributed by atoms with Crippen LogP contribution >= 0.6 is 34.2 Å². The minimum Gasteiger partial charge on any atom is -0.313 e. The average molecular weight is 408 g/mol. The van der Waals surface area contributed by atoms with Gasteiger partial charge >= 0.3 is 0 Å². The first kappa shape index (κ1) is 15.7. The highest BCUT2D eigenvalue weighted by Crippen LogP contribution is 2.26. The van der Waals surface area contributed by atoms with Crippen molar-refractivity contribution in [3.8, 4) is 0 Å². The van der Waals surface area contributed by atoms with Crippen LogP contribution in [0.15, 0.2) is 36.4 Å². The van der Waals surface area contributed by atoms with Gasteiger partial charge in [0.2, 0.25) is 0 Å². The zero-order valence-corrected chi connectivity index (χ0v) is 13.7. The first-order valence-electron chi connectivity index (χ1n) is 6.08. The maximum atomic E-state index is 13.7. The average Bonchev–Trinajstić information content (AvgIpc) is 2.44. The Bertz CT molecular complexity index is 619. The standard InChI is InChI=1S/C15H13ClF2IN/c1-20-14(9-5-6-13(19)11(16)7-9)8-10-3-2-4-12(17)15(10)18/h2-7,14,20H,8H2,1H3. The topological polar surface area (TPSA) is 12.0 Å². The van der Waals surface area contributed by atoms with Gasteiger partial charge in [-0.1, -0.05) is 29.8 Å². The lowest BCUT2D eigenvalue weighted by atomic mass is 9.98. The number of hydrogen-bond donors (Lipinski definition) is 1. The van der Waals surface area contributed by atoms with Crippen LogP contribution in [0.3, 0.4) is 0 Å². The third kappa shape index (κ3) is 3.48. The van der Waals surface area contributed by atoms with Gasteiger partial charge in [-0.25, -0.2) is 8.78 Å². The molecule has 0 saturated heterocycles. The van der Waals surface area contributed by atoms with Crippen molar-refractivity contribution in [1.82, 2.24) is 5.32 Å². The third-order valence-corrected chi connectivity index (χ3v) is 4.72. The van der Waals surface area contributed by atoms with Gasteiger partial charge in [-0.3, -0.25) is 0 Å².